The van der Waals surface area contributed by atoms with Crippen molar-refractivity contribution in [3.05, 3.63) is 53.7 Å². The number of piperazine rings is 1. The van der Waals surface area contributed by atoms with Gasteiger partial charge in [0.2, 0.25) is 5.91 Å². The number of carbonyl (C=O) groups excluding carboxylic acids is 1. The Hall–Kier alpha value is -2.47. The highest BCUT2D eigenvalue weighted by Crippen LogP contribution is 2.38. The second-order valence-electron chi connectivity index (χ2n) is 7.12. The van der Waals surface area contributed by atoms with Crippen LogP contribution in [0.25, 0.3) is 0 Å². The summed E-state index contributed by atoms with van der Waals surface area (Å²) in [7, 11) is 0. The topological polar surface area (TPSA) is 61.4 Å². The first-order valence-electron chi connectivity index (χ1n) is 9.39. The second-order valence-corrected chi connectivity index (χ2v) is 7.12. The molecule has 2 aromatic rings. The van der Waals surface area contributed by atoms with E-state index in [4.69, 9.17) is 0 Å². The van der Waals surface area contributed by atoms with E-state index in [1.807, 2.05) is 30.3 Å². The third kappa shape index (κ3) is 4.38. The largest absolute Gasteiger partial charge is 0.353 e. The van der Waals surface area contributed by atoms with Gasteiger partial charge in [-0.1, -0.05) is 30.3 Å². The molecule has 6 nitrogen and oxygen atoms in total. The van der Waals surface area contributed by atoms with E-state index in [0.717, 1.165) is 43.3 Å². The molecule has 1 amide bonds. The van der Waals surface area contributed by atoms with Gasteiger partial charge < -0.3 is 10.2 Å². The fraction of sp³-hybridized carbons (Fsp3) is 0.450. The first kappa shape index (κ1) is 17.0. The van der Waals surface area contributed by atoms with E-state index >= 15 is 0 Å². The van der Waals surface area contributed by atoms with Crippen LogP contribution in [0, 0.1) is 0 Å². The monoisotopic (exact) mass is 351 g/mol. The van der Waals surface area contributed by atoms with Gasteiger partial charge in [0.15, 0.2) is 5.82 Å². The molecule has 2 heterocycles. The number of hydrogen-bond donors (Lipinski definition) is 1. The fourth-order valence-corrected chi connectivity index (χ4v) is 3.29. The molecule has 26 heavy (non-hydrogen) atoms. The van der Waals surface area contributed by atoms with Gasteiger partial charge in [-0.25, -0.2) is 0 Å². The maximum Gasteiger partial charge on any atom is 0.234 e. The first-order valence-corrected chi connectivity index (χ1v) is 9.39. The summed E-state index contributed by atoms with van der Waals surface area (Å²) in [5, 5.41) is 11.8. The van der Waals surface area contributed by atoms with Crippen molar-refractivity contribution in [2.45, 2.75) is 25.3 Å². The van der Waals surface area contributed by atoms with Gasteiger partial charge >= 0.3 is 0 Å². The SMILES string of the molecule is O=C(CN1CCN(c2ccc(C3CC3)nn2)CC1)NCc1ccccc1. The molecule has 0 radical (unpaired) electrons. The van der Waals surface area contributed by atoms with Gasteiger partial charge in [0, 0.05) is 38.6 Å². The average Bonchev–Trinajstić information content (AvgIpc) is 3.53. The van der Waals surface area contributed by atoms with Gasteiger partial charge in [-0.2, -0.15) is 5.10 Å². The van der Waals surface area contributed by atoms with Crippen molar-refractivity contribution in [1.29, 1.82) is 0 Å². The van der Waals surface area contributed by atoms with Gasteiger partial charge in [0.1, 0.15) is 0 Å². The molecule has 6 heteroatoms. The van der Waals surface area contributed by atoms with Gasteiger partial charge in [-0.15, -0.1) is 5.10 Å². The van der Waals surface area contributed by atoms with E-state index in [9.17, 15) is 4.79 Å². The molecule has 0 bridgehead atoms. The van der Waals surface area contributed by atoms with Crippen molar-refractivity contribution in [2.24, 2.45) is 0 Å². The van der Waals surface area contributed by atoms with Crippen molar-refractivity contribution < 1.29 is 4.79 Å². The number of nitrogens with one attached hydrogen (secondary N) is 1. The van der Waals surface area contributed by atoms with E-state index in [-0.39, 0.29) is 5.91 Å². The van der Waals surface area contributed by atoms with E-state index in [2.05, 4.69) is 37.4 Å². The molecule has 1 aromatic heterocycles. The quantitative estimate of drug-likeness (QED) is 0.860. The van der Waals surface area contributed by atoms with E-state index in [1.54, 1.807) is 0 Å². The number of aromatic nitrogens is 2. The molecule has 1 aliphatic carbocycles. The van der Waals surface area contributed by atoms with Crippen LogP contribution in [0.15, 0.2) is 42.5 Å². The van der Waals surface area contributed by atoms with Gasteiger partial charge in [-0.3, -0.25) is 9.69 Å². The standard InChI is InChI=1S/C20H25N5O/c26-20(21-14-16-4-2-1-3-5-16)15-24-10-12-25(13-11-24)19-9-8-18(22-23-19)17-6-7-17/h1-5,8-9,17H,6-7,10-15H2,(H,21,26). The number of amides is 1. The number of anilines is 1. The Morgan fingerprint density at radius 1 is 1.00 bits per heavy atom. The summed E-state index contributed by atoms with van der Waals surface area (Å²) in [6.07, 6.45) is 2.50. The lowest BCUT2D eigenvalue weighted by Gasteiger charge is -2.34. The van der Waals surface area contributed by atoms with Crippen molar-refractivity contribution in [3.63, 3.8) is 0 Å². The lowest BCUT2D eigenvalue weighted by molar-refractivity contribution is -0.122. The minimum atomic E-state index is 0.0795. The van der Waals surface area contributed by atoms with Crippen LogP contribution in [0.4, 0.5) is 5.82 Å². The molecule has 2 fully saturated rings. The predicted octanol–water partition coefficient (Wildman–Crippen LogP) is 1.79. The zero-order valence-electron chi connectivity index (χ0n) is 15.0. The molecule has 0 unspecified atom stereocenters. The molecule has 136 valence electrons. The number of rotatable bonds is 6. The molecule has 1 aliphatic heterocycles. The van der Waals surface area contributed by atoms with E-state index < -0.39 is 0 Å². The average molecular weight is 351 g/mol. The number of hydrogen-bond acceptors (Lipinski definition) is 5. The summed E-state index contributed by atoms with van der Waals surface area (Å²) in [6, 6.07) is 14.2. The maximum absolute atomic E-state index is 12.2. The van der Waals surface area contributed by atoms with Crippen LogP contribution in [0.5, 0.6) is 0 Å². The van der Waals surface area contributed by atoms with Gasteiger partial charge in [0.05, 0.1) is 12.2 Å². The number of benzene rings is 1. The molecule has 1 N–H and O–H groups in total. The summed E-state index contributed by atoms with van der Waals surface area (Å²) in [5.74, 6) is 1.67. The normalized spacial score (nSPS) is 17.9. The molecule has 2 aliphatic rings. The van der Waals surface area contributed by atoms with E-state index in [1.165, 1.54) is 12.8 Å². The third-order valence-corrected chi connectivity index (χ3v) is 5.06. The van der Waals surface area contributed by atoms with Crippen molar-refractivity contribution in [3.8, 4) is 0 Å². The molecular weight excluding hydrogens is 326 g/mol. The summed E-state index contributed by atoms with van der Waals surface area (Å²) < 4.78 is 0. The Balaban J connectivity index is 1.21. The zero-order valence-corrected chi connectivity index (χ0v) is 15.0. The summed E-state index contributed by atoms with van der Waals surface area (Å²) >= 11 is 0. The Morgan fingerprint density at radius 3 is 2.42 bits per heavy atom. The minimum Gasteiger partial charge on any atom is -0.353 e. The van der Waals surface area contributed by atoms with Crippen molar-refractivity contribution >= 4 is 11.7 Å². The third-order valence-electron chi connectivity index (χ3n) is 5.06. The Kier molecular flexibility index (Phi) is 5.11. The highest BCUT2D eigenvalue weighted by atomic mass is 16.2. The zero-order chi connectivity index (χ0) is 17.8. The number of nitrogens with zero attached hydrogens (tertiary/aromatic N) is 4. The van der Waals surface area contributed by atoms with Crippen LogP contribution in [0.3, 0.4) is 0 Å². The highest BCUT2D eigenvalue weighted by molar-refractivity contribution is 5.78. The van der Waals surface area contributed by atoms with Gasteiger partial charge in [0.25, 0.3) is 0 Å². The van der Waals surface area contributed by atoms with Crippen molar-refractivity contribution in [2.75, 3.05) is 37.6 Å². The first-order chi connectivity index (χ1) is 12.8. The molecule has 1 aromatic carbocycles. The lowest BCUT2D eigenvalue weighted by atomic mass is 10.2. The molecule has 0 spiro atoms. The Bertz CT molecular complexity index is 722. The van der Waals surface area contributed by atoms with E-state index in [0.29, 0.717) is 19.0 Å². The summed E-state index contributed by atoms with van der Waals surface area (Å²) in [5.41, 5.74) is 2.25. The summed E-state index contributed by atoms with van der Waals surface area (Å²) in [6.45, 7) is 4.53. The van der Waals surface area contributed by atoms with Crippen molar-refractivity contribution in [1.82, 2.24) is 20.4 Å². The van der Waals surface area contributed by atoms with Gasteiger partial charge in [-0.05, 0) is 30.5 Å². The molecule has 1 saturated carbocycles. The molecule has 4 rings (SSSR count). The minimum absolute atomic E-state index is 0.0795. The Labute approximate surface area is 154 Å². The van der Waals surface area contributed by atoms with Crippen LogP contribution in [0.1, 0.15) is 30.0 Å². The molecule has 1 saturated heterocycles. The van der Waals surface area contributed by atoms with Crippen LogP contribution in [-0.2, 0) is 11.3 Å². The molecular formula is C20H25N5O. The lowest BCUT2D eigenvalue weighted by Crippen LogP contribution is -2.49. The van der Waals surface area contributed by atoms with Crippen LogP contribution < -0.4 is 10.2 Å². The fourth-order valence-electron chi connectivity index (χ4n) is 3.29. The maximum atomic E-state index is 12.2. The predicted molar refractivity (Wildman–Crippen MR) is 101 cm³/mol. The number of carbonyl (C=O) groups is 1. The highest BCUT2D eigenvalue weighted by Gasteiger charge is 2.26. The van der Waals surface area contributed by atoms with Crippen LogP contribution in [0.2, 0.25) is 0 Å². The van der Waals surface area contributed by atoms with Crippen LogP contribution in [-0.4, -0.2) is 53.7 Å². The summed E-state index contributed by atoms with van der Waals surface area (Å²) in [4.78, 5) is 16.6. The Morgan fingerprint density at radius 2 is 1.77 bits per heavy atom. The second kappa shape index (κ2) is 7.83. The van der Waals surface area contributed by atoms with Crippen LogP contribution >= 0.6 is 0 Å². The molecule has 0 atom stereocenters. The smallest absolute Gasteiger partial charge is 0.234 e.